The number of nitrogens with zero attached hydrogens (tertiary/aromatic N) is 1. The predicted molar refractivity (Wildman–Crippen MR) is 69.9 cm³/mol. The maximum absolute atomic E-state index is 6.19. The molecule has 1 aromatic carbocycles. The molecule has 2 rings (SSSR count). The van der Waals surface area contributed by atoms with Gasteiger partial charge in [-0.25, -0.2) is 0 Å². The summed E-state index contributed by atoms with van der Waals surface area (Å²) in [4.78, 5) is 4.55. The smallest absolute Gasteiger partial charge is 0.0912 e. The lowest BCUT2D eigenvalue weighted by atomic mass is 10.1. The standard InChI is InChI=1S/C13H15ClN2/c1-3-4-9-7-12(15)10-5-8(2)6-11(14)13(10)16-9/h5-7H,3-4H2,1-2H3,(H2,15,16). The molecule has 0 aliphatic heterocycles. The van der Waals surface area contributed by atoms with Crippen LogP contribution in [0, 0.1) is 6.92 Å². The summed E-state index contributed by atoms with van der Waals surface area (Å²) in [5.74, 6) is 0. The minimum atomic E-state index is 0.680. The zero-order valence-electron chi connectivity index (χ0n) is 9.55. The molecule has 0 spiro atoms. The van der Waals surface area contributed by atoms with Crippen molar-refractivity contribution >= 4 is 28.2 Å². The minimum Gasteiger partial charge on any atom is -0.398 e. The molecule has 1 heterocycles. The molecule has 0 bridgehead atoms. The van der Waals surface area contributed by atoms with Gasteiger partial charge in [-0.2, -0.15) is 0 Å². The Balaban J connectivity index is 2.71. The number of hydrogen-bond acceptors (Lipinski definition) is 2. The van der Waals surface area contributed by atoms with E-state index in [1.165, 1.54) is 0 Å². The second-order valence-electron chi connectivity index (χ2n) is 4.10. The first kappa shape index (κ1) is 11.2. The number of nitrogen functional groups attached to an aromatic ring is 1. The number of hydrogen-bond donors (Lipinski definition) is 1. The van der Waals surface area contributed by atoms with Crippen LogP contribution in [-0.2, 0) is 6.42 Å². The fraction of sp³-hybridized carbons (Fsp3) is 0.308. The van der Waals surface area contributed by atoms with E-state index < -0.39 is 0 Å². The summed E-state index contributed by atoms with van der Waals surface area (Å²) in [5.41, 5.74) is 9.72. The Bertz CT molecular complexity index is 535. The maximum Gasteiger partial charge on any atom is 0.0912 e. The summed E-state index contributed by atoms with van der Waals surface area (Å²) in [5, 5.41) is 1.63. The molecule has 0 radical (unpaired) electrons. The molecule has 0 unspecified atom stereocenters. The van der Waals surface area contributed by atoms with Gasteiger partial charge < -0.3 is 5.73 Å². The Kier molecular flexibility index (Phi) is 3.01. The predicted octanol–water partition coefficient (Wildman–Crippen LogP) is 3.73. The van der Waals surface area contributed by atoms with E-state index in [0.717, 1.165) is 40.7 Å². The van der Waals surface area contributed by atoms with Gasteiger partial charge in [-0.3, -0.25) is 4.98 Å². The van der Waals surface area contributed by atoms with Crippen LogP contribution >= 0.6 is 11.6 Å². The van der Waals surface area contributed by atoms with Gasteiger partial charge >= 0.3 is 0 Å². The highest BCUT2D eigenvalue weighted by molar-refractivity contribution is 6.35. The van der Waals surface area contributed by atoms with Gasteiger partial charge in [-0.1, -0.05) is 24.9 Å². The lowest BCUT2D eigenvalue weighted by Gasteiger charge is -2.08. The fourth-order valence-electron chi connectivity index (χ4n) is 1.89. The van der Waals surface area contributed by atoms with Crippen molar-refractivity contribution in [1.82, 2.24) is 4.98 Å². The monoisotopic (exact) mass is 234 g/mol. The molecule has 0 saturated carbocycles. The number of pyridine rings is 1. The van der Waals surface area contributed by atoms with Crippen molar-refractivity contribution in [1.29, 1.82) is 0 Å². The lowest BCUT2D eigenvalue weighted by molar-refractivity contribution is 0.890. The van der Waals surface area contributed by atoms with E-state index >= 15 is 0 Å². The lowest BCUT2D eigenvalue weighted by Crippen LogP contribution is -1.96. The number of nitrogens with two attached hydrogens (primary N) is 1. The zero-order valence-corrected chi connectivity index (χ0v) is 10.3. The van der Waals surface area contributed by atoms with Gasteiger partial charge in [0.15, 0.2) is 0 Å². The van der Waals surface area contributed by atoms with Gasteiger partial charge in [0.05, 0.1) is 10.5 Å². The van der Waals surface area contributed by atoms with E-state index in [-0.39, 0.29) is 0 Å². The Hall–Kier alpha value is -1.28. The molecule has 3 heteroatoms. The minimum absolute atomic E-state index is 0.680. The van der Waals surface area contributed by atoms with E-state index in [1.807, 2.05) is 25.1 Å². The van der Waals surface area contributed by atoms with E-state index in [9.17, 15) is 0 Å². The molecular formula is C13H15ClN2. The molecular weight excluding hydrogens is 220 g/mol. The molecule has 0 aliphatic carbocycles. The first-order valence-corrected chi connectivity index (χ1v) is 5.85. The molecule has 0 aliphatic rings. The first-order chi connectivity index (χ1) is 7.61. The number of halogens is 1. The third-order valence-electron chi connectivity index (χ3n) is 2.60. The molecule has 0 saturated heterocycles. The van der Waals surface area contributed by atoms with Crippen molar-refractivity contribution < 1.29 is 0 Å². The van der Waals surface area contributed by atoms with Crippen molar-refractivity contribution in [2.24, 2.45) is 0 Å². The molecule has 1 aromatic heterocycles. The first-order valence-electron chi connectivity index (χ1n) is 5.47. The van der Waals surface area contributed by atoms with Gasteiger partial charge in [0, 0.05) is 16.8 Å². The van der Waals surface area contributed by atoms with Crippen LogP contribution in [0.5, 0.6) is 0 Å². The second-order valence-corrected chi connectivity index (χ2v) is 4.50. The van der Waals surface area contributed by atoms with Crippen molar-refractivity contribution in [3.8, 4) is 0 Å². The average molecular weight is 235 g/mol. The molecule has 0 atom stereocenters. The summed E-state index contributed by atoms with van der Waals surface area (Å²) in [6.45, 7) is 4.13. The summed E-state index contributed by atoms with van der Waals surface area (Å²) in [7, 11) is 0. The number of rotatable bonds is 2. The number of aromatic nitrogens is 1. The van der Waals surface area contributed by atoms with Gasteiger partial charge in [0.25, 0.3) is 0 Å². The van der Waals surface area contributed by atoms with Crippen LogP contribution < -0.4 is 5.73 Å². The topological polar surface area (TPSA) is 38.9 Å². The van der Waals surface area contributed by atoms with Gasteiger partial charge in [-0.05, 0) is 37.1 Å². The molecule has 2 N–H and O–H groups in total. The van der Waals surface area contributed by atoms with Crippen molar-refractivity contribution in [3.63, 3.8) is 0 Å². The van der Waals surface area contributed by atoms with Crippen LogP contribution in [0.1, 0.15) is 24.6 Å². The number of fused-ring (bicyclic) bond motifs is 1. The summed E-state index contributed by atoms with van der Waals surface area (Å²) >= 11 is 6.19. The number of anilines is 1. The second kappa shape index (κ2) is 4.30. The number of aryl methyl sites for hydroxylation is 2. The summed E-state index contributed by atoms with van der Waals surface area (Å²) in [6.07, 6.45) is 1.99. The van der Waals surface area contributed by atoms with Gasteiger partial charge in [0.2, 0.25) is 0 Å². The van der Waals surface area contributed by atoms with Crippen molar-refractivity contribution in [2.45, 2.75) is 26.7 Å². The van der Waals surface area contributed by atoms with E-state index in [1.54, 1.807) is 0 Å². The summed E-state index contributed by atoms with van der Waals surface area (Å²) in [6, 6.07) is 5.90. The van der Waals surface area contributed by atoms with Gasteiger partial charge in [0.1, 0.15) is 0 Å². The molecule has 0 amide bonds. The highest BCUT2D eigenvalue weighted by Crippen LogP contribution is 2.28. The SMILES string of the molecule is CCCc1cc(N)c2cc(C)cc(Cl)c2n1. The van der Waals surface area contributed by atoms with Crippen LogP contribution in [0.2, 0.25) is 5.02 Å². The van der Waals surface area contributed by atoms with Crippen LogP contribution in [0.25, 0.3) is 10.9 Å². The Morgan fingerprint density at radius 1 is 1.31 bits per heavy atom. The van der Waals surface area contributed by atoms with E-state index in [0.29, 0.717) is 5.02 Å². The third kappa shape index (κ3) is 1.98. The van der Waals surface area contributed by atoms with Crippen LogP contribution in [0.4, 0.5) is 5.69 Å². The quantitative estimate of drug-likeness (QED) is 0.860. The molecule has 2 nitrogen and oxygen atoms in total. The van der Waals surface area contributed by atoms with Crippen LogP contribution in [-0.4, -0.2) is 4.98 Å². The molecule has 2 aromatic rings. The number of benzene rings is 1. The van der Waals surface area contributed by atoms with Crippen LogP contribution in [0.15, 0.2) is 18.2 Å². The van der Waals surface area contributed by atoms with E-state index in [4.69, 9.17) is 17.3 Å². The Morgan fingerprint density at radius 3 is 2.75 bits per heavy atom. The Labute approximate surface area is 100 Å². The summed E-state index contributed by atoms with van der Waals surface area (Å²) < 4.78 is 0. The van der Waals surface area contributed by atoms with Gasteiger partial charge in [-0.15, -0.1) is 0 Å². The highest BCUT2D eigenvalue weighted by Gasteiger charge is 2.07. The van der Waals surface area contributed by atoms with Crippen LogP contribution in [0.3, 0.4) is 0 Å². The highest BCUT2D eigenvalue weighted by atomic mass is 35.5. The normalized spacial score (nSPS) is 10.9. The third-order valence-corrected chi connectivity index (χ3v) is 2.89. The van der Waals surface area contributed by atoms with Crippen molar-refractivity contribution in [3.05, 3.63) is 34.5 Å². The Morgan fingerprint density at radius 2 is 2.06 bits per heavy atom. The molecule has 84 valence electrons. The molecule has 16 heavy (non-hydrogen) atoms. The zero-order chi connectivity index (χ0) is 11.7. The average Bonchev–Trinajstić information content (AvgIpc) is 2.20. The molecule has 0 fully saturated rings. The maximum atomic E-state index is 6.19. The fourth-order valence-corrected chi connectivity index (χ4v) is 2.20. The van der Waals surface area contributed by atoms with E-state index in [2.05, 4.69) is 11.9 Å². The largest absolute Gasteiger partial charge is 0.398 e. The van der Waals surface area contributed by atoms with Crippen molar-refractivity contribution in [2.75, 3.05) is 5.73 Å².